The van der Waals surface area contributed by atoms with Crippen molar-refractivity contribution in [1.82, 2.24) is 5.32 Å². The molecular formula is C15H20N2O2. The van der Waals surface area contributed by atoms with E-state index < -0.39 is 0 Å². The Labute approximate surface area is 113 Å². The highest BCUT2D eigenvalue weighted by molar-refractivity contribution is 5.98. The van der Waals surface area contributed by atoms with Crippen LogP contribution in [-0.2, 0) is 4.79 Å². The molecule has 1 saturated heterocycles. The van der Waals surface area contributed by atoms with E-state index in [4.69, 9.17) is 4.74 Å². The number of benzene rings is 1. The van der Waals surface area contributed by atoms with Crippen molar-refractivity contribution in [2.24, 2.45) is 0 Å². The number of para-hydroxylation sites is 2. The molecule has 2 heterocycles. The van der Waals surface area contributed by atoms with Crippen LogP contribution in [0, 0.1) is 0 Å². The molecule has 2 aliphatic rings. The second-order valence-electron chi connectivity index (χ2n) is 5.16. The van der Waals surface area contributed by atoms with E-state index in [9.17, 15) is 4.79 Å². The van der Waals surface area contributed by atoms with Crippen LogP contribution in [0.4, 0.5) is 5.69 Å². The highest BCUT2D eigenvalue weighted by Gasteiger charge is 2.29. The van der Waals surface area contributed by atoms with Crippen molar-refractivity contribution in [3.63, 3.8) is 0 Å². The van der Waals surface area contributed by atoms with Gasteiger partial charge in [-0.25, -0.2) is 0 Å². The second-order valence-corrected chi connectivity index (χ2v) is 5.16. The number of hydrogen-bond donors (Lipinski definition) is 1. The van der Waals surface area contributed by atoms with E-state index >= 15 is 0 Å². The van der Waals surface area contributed by atoms with Gasteiger partial charge in [0, 0.05) is 0 Å². The van der Waals surface area contributed by atoms with Gasteiger partial charge in [-0.15, -0.1) is 0 Å². The number of rotatable bonds is 1. The predicted octanol–water partition coefficient (Wildman–Crippen LogP) is 1.94. The Hall–Kier alpha value is -1.55. The molecule has 0 aromatic heterocycles. The summed E-state index contributed by atoms with van der Waals surface area (Å²) in [6.07, 6.45) is 4.47. The molecule has 2 aliphatic heterocycles. The van der Waals surface area contributed by atoms with E-state index in [0.717, 1.165) is 30.8 Å². The van der Waals surface area contributed by atoms with Crippen LogP contribution in [0.15, 0.2) is 24.3 Å². The van der Waals surface area contributed by atoms with Crippen molar-refractivity contribution < 1.29 is 9.53 Å². The Morgan fingerprint density at radius 2 is 2.16 bits per heavy atom. The molecule has 4 nitrogen and oxygen atoms in total. The molecule has 19 heavy (non-hydrogen) atoms. The van der Waals surface area contributed by atoms with Gasteiger partial charge in [-0.3, -0.25) is 4.79 Å². The second kappa shape index (κ2) is 5.61. The molecular weight excluding hydrogens is 240 g/mol. The minimum absolute atomic E-state index is 0.0337. The van der Waals surface area contributed by atoms with Gasteiger partial charge >= 0.3 is 0 Å². The fourth-order valence-electron chi connectivity index (χ4n) is 2.83. The molecule has 0 spiro atoms. The van der Waals surface area contributed by atoms with Crippen LogP contribution >= 0.6 is 0 Å². The first-order chi connectivity index (χ1) is 9.36. The maximum atomic E-state index is 12.7. The van der Waals surface area contributed by atoms with Gasteiger partial charge in [0.2, 0.25) is 5.91 Å². The van der Waals surface area contributed by atoms with E-state index in [2.05, 4.69) is 5.32 Å². The van der Waals surface area contributed by atoms with E-state index in [0.29, 0.717) is 13.2 Å². The maximum Gasteiger partial charge on any atom is 0.244 e. The molecule has 1 atom stereocenters. The molecule has 3 rings (SSSR count). The van der Waals surface area contributed by atoms with Crippen molar-refractivity contribution in [2.45, 2.75) is 31.7 Å². The SMILES string of the molecule is O=C(C1CCCCCN1)N1CCOc2ccccc21. The molecule has 0 bridgehead atoms. The Kier molecular flexibility index (Phi) is 3.69. The lowest BCUT2D eigenvalue weighted by Gasteiger charge is -2.32. The number of carbonyl (C=O) groups excluding carboxylic acids is 1. The van der Waals surface area contributed by atoms with Crippen molar-refractivity contribution in [3.05, 3.63) is 24.3 Å². The zero-order valence-corrected chi connectivity index (χ0v) is 11.1. The number of carbonyl (C=O) groups is 1. The third-order valence-electron chi connectivity index (χ3n) is 3.85. The number of ether oxygens (including phenoxy) is 1. The fourth-order valence-corrected chi connectivity index (χ4v) is 2.83. The molecule has 1 aromatic rings. The van der Waals surface area contributed by atoms with Gasteiger partial charge in [-0.05, 0) is 31.5 Å². The van der Waals surface area contributed by atoms with Crippen LogP contribution in [0.1, 0.15) is 25.7 Å². The number of amides is 1. The summed E-state index contributed by atoms with van der Waals surface area (Å²) in [5.41, 5.74) is 0.907. The lowest BCUT2D eigenvalue weighted by molar-refractivity contribution is -0.121. The zero-order valence-electron chi connectivity index (χ0n) is 11.1. The first-order valence-electron chi connectivity index (χ1n) is 7.13. The van der Waals surface area contributed by atoms with Crippen LogP contribution in [0.5, 0.6) is 5.75 Å². The Morgan fingerprint density at radius 3 is 3.11 bits per heavy atom. The predicted molar refractivity (Wildman–Crippen MR) is 74.5 cm³/mol. The van der Waals surface area contributed by atoms with Gasteiger partial charge in [0.05, 0.1) is 18.3 Å². The topological polar surface area (TPSA) is 41.6 Å². The van der Waals surface area contributed by atoms with Crippen LogP contribution in [-0.4, -0.2) is 31.6 Å². The number of fused-ring (bicyclic) bond motifs is 1. The van der Waals surface area contributed by atoms with Gasteiger partial charge in [-0.2, -0.15) is 0 Å². The molecule has 1 unspecified atom stereocenters. The Bertz CT molecular complexity index is 453. The van der Waals surface area contributed by atoms with Crippen LogP contribution in [0.3, 0.4) is 0 Å². The average Bonchev–Trinajstić information content (AvgIpc) is 2.75. The highest BCUT2D eigenvalue weighted by atomic mass is 16.5. The number of nitrogens with zero attached hydrogens (tertiary/aromatic N) is 1. The van der Waals surface area contributed by atoms with Gasteiger partial charge in [0.25, 0.3) is 0 Å². The lowest BCUT2D eigenvalue weighted by Crippen LogP contribution is -2.49. The molecule has 1 N–H and O–H groups in total. The quantitative estimate of drug-likeness (QED) is 0.839. The van der Waals surface area contributed by atoms with E-state index in [1.54, 1.807) is 0 Å². The van der Waals surface area contributed by atoms with Crippen molar-refractivity contribution >= 4 is 11.6 Å². The summed E-state index contributed by atoms with van der Waals surface area (Å²) in [5.74, 6) is 1.01. The average molecular weight is 260 g/mol. The summed E-state index contributed by atoms with van der Waals surface area (Å²) in [6, 6.07) is 7.75. The number of nitrogens with one attached hydrogen (secondary N) is 1. The van der Waals surface area contributed by atoms with Crippen molar-refractivity contribution in [2.75, 3.05) is 24.6 Å². The minimum Gasteiger partial charge on any atom is -0.490 e. The summed E-state index contributed by atoms with van der Waals surface area (Å²) < 4.78 is 5.60. The van der Waals surface area contributed by atoms with E-state index in [-0.39, 0.29) is 11.9 Å². The molecule has 0 aliphatic carbocycles. The summed E-state index contributed by atoms with van der Waals surface area (Å²) in [6.45, 7) is 2.17. The number of anilines is 1. The smallest absolute Gasteiger partial charge is 0.244 e. The first kappa shape index (κ1) is 12.5. The third-order valence-corrected chi connectivity index (χ3v) is 3.85. The molecule has 1 fully saturated rings. The molecule has 102 valence electrons. The van der Waals surface area contributed by atoms with Crippen molar-refractivity contribution in [3.8, 4) is 5.75 Å². The number of hydrogen-bond acceptors (Lipinski definition) is 3. The van der Waals surface area contributed by atoms with Gasteiger partial charge in [-0.1, -0.05) is 25.0 Å². The first-order valence-corrected chi connectivity index (χ1v) is 7.13. The monoisotopic (exact) mass is 260 g/mol. The highest BCUT2D eigenvalue weighted by Crippen LogP contribution is 2.31. The maximum absolute atomic E-state index is 12.7. The van der Waals surface area contributed by atoms with E-state index in [1.165, 1.54) is 12.8 Å². The summed E-state index contributed by atoms with van der Waals surface area (Å²) >= 11 is 0. The Morgan fingerprint density at radius 1 is 1.26 bits per heavy atom. The lowest BCUT2D eigenvalue weighted by atomic mass is 10.1. The molecule has 0 radical (unpaired) electrons. The zero-order chi connectivity index (χ0) is 13.1. The normalized spacial score (nSPS) is 23.2. The van der Waals surface area contributed by atoms with Gasteiger partial charge in [0.1, 0.15) is 12.4 Å². The van der Waals surface area contributed by atoms with E-state index in [1.807, 2.05) is 29.2 Å². The van der Waals surface area contributed by atoms with Gasteiger partial charge < -0.3 is 15.0 Å². The minimum atomic E-state index is -0.0337. The summed E-state index contributed by atoms with van der Waals surface area (Å²) in [7, 11) is 0. The molecule has 4 heteroatoms. The summed E-state index contributed by atoms with van der Waals surface area (Å²) in [4.78, 5) is 14.6. The van der Waals surface area contributed by atoms with Gasteiger partial charge in [0.15, 0.2) is 0 Å². The fraction of sp³-hybridized carbons (Fsp3) is 0.533. The van der Waals surface area contributed by atoms with Crippen molar-refractivity contribution in [1.29, 1.82) is 0 Å². The van der Waals surface area contributed by atoms with Crippen LogP contribution in [0.2, 0.25) is 0 Å². The molecule has 0 saturated carbocycles. The largest absolute Gasteiger partial charge is 0.490 e. The summed E-state index contributed by atoms with van der Waals surface area (Å²) in [5, 5.41) is 3.38. The van der Waals surface area contributed by atoms with Crippen LogP contribution in [0.25, 0.3) is 0 Å². The third kappa shape index (κ3) is 2.59. The molecule has 1 amide bonds. The van der Waals surface area contributed by atoms with Crippen LogP contribution < -0.4 is 15.0 Å². The Balaban J connectivity index is 1.80. The molecule has 1 aromatic carbocycles. The standard InChI is InChI=1S/C15H20N2O2/c18-15(12-6-2-1-5-9-16-12)17-10-11-19-14-8-4-3-7-13(14)17/h3-4,7-8,12,16H,1-2,5-6,9-11H2.